The zero-order chi connectivity index (χ0) is 18.0. The van der Waals surface area contributed by atoms with Gasteiger partial charge in [0.2, 0.25) is 11.8 Å². The molecule has 0 unspecified atom stereocenters. The summed E-state index contributed by atoms with van der Waals surface area (Å²) >= 11 is 0. The third kappa shape index (κ3) is 3.29. The molecular formula is C21H24N2O2. The van der Waals surface area contributed by atoms with Crippen molar-refractivity contribution in [3.05, 3.63) is 71.8 Å². The number of carbonyl (C=O) groups is 2. The van der Waals surface area contributed by atoms with Gasteiger partial charge in [-0.2, -0.15) is 0 Å². The monoisotopic (exact) mass is 336 g/mol. The molecule has 130 valence electrons. The van der Waals surface area contributed by atoms with Crippen molar-refractivity contribution >= 4 is 11.8 Å². The third-order valence-corrected chi connectivity index (χ3v) is 5.10. The maximum absolute atomic E-state index is 13.0. The number of rotatable bonds is 4. The minimum absolute atomic E-state index is 0.00117. The molecule has 0 aromatic heterocycles. The minimum Gasteiger partial charge on any atom is -0.325 e. The van der Waals surface area contributed by atoms with Crippen molar-refractivity contribution in [1.82, 2.24) is 9.80 Å². The van der Waals surface area contributed by atoms with Gasteiger partial charge in [-0.25, -0.2) is 0 Å². The topological polar surface area (TPSA) is 40.6 Å². The van der Waals surface area contributed by atoms with Gasteiger partial charge in [0.1, 0.15) is 12.6 Å². The second-order valence-electron chi connectivity index (χ2n) is 6.62. The first-order valence-corrected chi connectivity index (χ1v) is 8.72. The fraction of sp³-hybridized carbons (Fsp3) is 0.333. The highest BCUT2D eigenvalue weighted by atomic mass is 16.2. The van der Waals surface area contributed by atoms with E-state index in [0.717, 1.165) is 11.1 Å². The average Bonchev–Trinajstić information content (AvgIpc) is 2.65. The van der Waals surface area contributed by atoms with Gasteiger partial charge in [0, 0.05) is 0 Å². The Labute approximate surface area is 149 Å². The van der Waals surface area contributed by atoms with E-state index < -0.39 is 6.04 Å². The molecule has 3 atom stereocenters. The predicted octanol–water partition coefficient (Wildman–Crippen LogP) is 3.57. The zero-order valence-electron chi connectivity index (χ0n) is 14.9. The van der Waals surface area contributed by atoms with Crippen molar-refractivity contribution in [2.24, 2.45) is 0 Å². The van der Waals surface area contributed by atoms with E-state index in [2.05, 4.69) is 0 Å². The lowest BCUT2D eigenvalue weighted by Crippen LogP contribution is -2.59. The summed E-state index contributed by atoms with van der Waals surface area (Å²) in [5, 5.41) is 0. The van der Waals surface area contributed by atoms with Crippen molar-refractivity contribution in [2.45, 2.75) is 38.9 Å². The molecule has 25 heavy (non-hydrogen) atoms. The standard InChI is InChI=1S/C21H24N2O2/c1-15(18-10-6-4-7-11-18)22-14-20(24)23(17(3)21(22)25)16(2)19-12-8-5-9-13-19/h4-13,15-17H,14H2,1-3H3/t15-,16-,17-/m0/s1. The second-order valence-corrected chi connectivity index (χ2v) is 6.62. The molecular weight excluding hydrogens is 312 g/mol. The number of hydrogen-bond donors (Lipinski definition) is 0. The fourth-order valence-corrected chi connectivity index (χ4v) is 3.56. The predicted molar refractivity (Wildman–Crippen MR) is 97.7 cm³/mol. The Bertz CT molecular complexity index is 745. The van der Waals surface area contributed by atoms with E-state index in [1.165, 1.54) is 0 Å². The lowest BCUT2D eigenvalue weighted by atomic mass is 10.00. The first-order valence-electron chi connectivity index (χ1n) is 8.72. The lowest BCUT2D eigenvalue weighted by Gasteiger charge is -2.44. The number of amides is 2. The Kier molecular flexibility index (Phi) is 4.88. The van der Waals surface area contributed by atoms with Crippen molar-refractivity contribution in [1.29, 1.82) is 0 Å². The van der Waals surface area contributed by atoms with E-state index in [-0.39, 0.29) is 30.4 Å². The molecule has 0 aliphatic carbocycles. The van der Waals surface area contributed by atoms with Crippen LogP contribution in [0.5, 0.6) is 0 Å². The van der Waals surface area contributed by atoms with Crippen LogP contribution in [0.15, 0.2) is 60.7 Å². The summed E-state index contributed by atoms with van der Waals surface area (Å²) in [6, 6.07) is 19.0. The first kappa shape index (κ1) is 17.2. The number of nitrogens with zero attached hydrogens (tertiary/aromatic N) is 2. The van der Waals surface area contributed by atoms with Crippen LogP contribution in [0.25, 0.3) is 0 Å². The Morgan fingerprint density at radius 3 is 1.84 bits per heavy atom. The Hall–Kier alpha value is -2.62. The Morgan fingerprint density at radius 1 is 0.840 bits per heavy atom. The van der Waals surface area contributed by atoms with E-state index in [1.807, 2.05) is 81.4 Å². The molecule has 3 rings (SSSR count). The zero-order valence-corrected chi connectivity index (χ0v) is 14.9. The Balaban J connectivity index is 1.82. The molecule has 1 fully saturated rings. The van der Waals surface area contributed by atoms with Crippen LogP contribution in [0.4, 0.5) is 0 Å². The van der Waals surface area contributed by atoms with Crippen LogP contribution < -0.4 is 0 Å². The van der Waals surface area contributed by atoms with Crippen molar-refractivity contribution in [3.63, 3.8) is 0 Å². The van der Waals surface area contributed by atoms with Crippen LogP contribution in [0.1, 0.15) is 44.0 Å². The van der Waals surface area contributed by atoms with Gasteiger partial charge in [0.15, 0.2) is 0 Å². The quantitative estimate of drug-likeness (QED) is 0.856. The molecule has 4 nitrogen and oxygen atoms in total. The molecule has 0 saturated carbocycles. The normalized spacial score (nSPS) is 20.5. The maximum atomic E-state index is 13.0. The molecule has 2 aromatic rings. The maximum Gasteiger partial charge on any atom is 0.246 e. The molecule has 0 N–H and O–H groups in total. The number of piperazine rings is 1. The first-order chi connectivity index (χ1) is 12.0. The van der Waals surface area contributed by atoms with Gasteiger partial charge in [-0.1, -0.05) is 60.7 Å². The summed E-state index contributed by atoms with van der Waals surface area (Å²) in [5.74, 6) is -0.00929. The van der Waals surface area contributed by atoms with E-state index in [1.54, 1.807) is 9.80 Å². The fourth-order valence-electron chi connectivity index (χ4n) is 3.56. The second kappa shape index (κ2) is 7.09. The van der Waals surface area contributed by atoms with E-state index in [0.29, 0.717) is 0 Å². The highest BCUT2D eigenvalue weighted by Crippen LogP contribution is 2.30. The van der Waals surface area contributed by atoms with Gasteiger partial charge in [-0.3, -0.25) is 9.59 Å². The van der Waals surface area contributed by atoms with Gasteiger partial charge in [-0.05, 0) is 31.9 Å². The highest BCUT2D eigenvalue weighted by Gasteiger charge is 2.41. The van der Waals surface area contributed by atoms with Crippen LogP contribution in [-0.4, -0.2) is 34.2 Å². The summed E-state index contributed by atoms with van der Waals surface area (Å²) in [6.45, 7) is 5.90. The molecule has 1 aliphatic heterocycles. The summed E-state index contributed by atoms with van der Waals surface area (Å²) < 4.78 is 0. The molecule has 1 heterocycles. The molecule has 4 heteroatoms. The summed E-state index contributed by atoms with van der Waals surface area (Å²) in [4.78, 5) is 29.2. The molecule has 0 radical (unpaired) electrons. The average molecular weight is 336 g/mol. The van der Waals surface area contributed by atoms with Gasteiger partial charge in [0.05, 0.1) is 12.1 Å². The van der Waals surface area contributed by atoms with Crippen molar-refractivity contribution in [3.8, 4) is 0 Å². The lowest BCUT2D eigenvalue weighted by molar-refractivity contribution is -0.159. The number of benzene rings is 2. The number of hydrogen-bond acceptors (Lipinski definition) is 2. The SMILES string of the molecule is C[C@@H](c1ccccc1)N1CC(=O)N([C@@H](C)c2ccccc2)[C@@H](C)C1=O. The molecule has 1 aliphatic rings. The van der Waals surface area contributed by atoms with Gasteiger partial charge in [-0.15, -0.1) is 0 Å². The molecule has 2 aromatic carbocycles. The van der Waals surface area contributed by atoms with Crippen LogP contribution in [-0.2, 0) is 9.59 Å². The van der Waals surface area contributed by atoms with Crippen molar-refractivity contribution in [2.75, 3.05) is 6.54 Å². The van der Waals surface area contributed by atoms with Crippen molar-refractivity contribution < 1.29 is 9.59 Å². The van der Waals surface area contributed by atoms with Crippen LogP contribution in [0.2, 0.25) is 0 Å². The smallest absolute Gasteiger partial charge is 0.246 e. The van der Waals surface area contributed by atoms with E-state index in [9.17, 15) is 9.59 Å². The van der Waals surface area contributed by atoms with Gasteiger partial charge in [0.25, 0.3) is 0 Å². The third-order valence-electron chi connectivity index (χ3n) is 5.10. The largest absolute Gasteiger partial charge is 0.325 e. The molecule has 2 amide bonds. The minimum atomic E-state index is -0.470. The van der Waals surface area contributed by atoms with Gasteiger partial charge < -0.3 is 9.80 Å². The van der Waals surface area contributed by atoms with Crippen LogP contribution >= 0.6 is 0 Å². The van der Waals surface area contributed by atoms with E-state index >= 15 is 0 Å². The molecule has 0 bridgehead atoms. The molecule has 0 spiro atoms. The summed E-state index contributed by atoms with van der Waals surface area (Å²) in [7, 11) is 0. The number of carbonyl (C=O) groups excluding carboxylic acids is 2. The van der Waals surface area contributed by atoms with Crippen LogP contribution in [0.3, 0.4) is 0 Å². The Morgan fingerprint density at radius 2 is 1.32 bits per heavy atom. The van der Waals surface area contributed by atoms with E-state index in [4.69, 9.17) is 0 Å². The molecule has 1 saturated heterocycles. The highest BCUT2D eigenvalue weighted by molar-refractivity contribution is 5.95. The summed E-state index contributed by atoms with van der Waals surface area (Å²) in [6.07, 6.45) is 0. The van der Waals surface area contributed by atoms with Crippen LogP contribution in [0, 0.1) is 0 Å². The van der Waals surface area contributed by atoms with Gasteiger partial charge >= 0.3 is 0 Å². The summed E-state index contributed by atoms with van der Waals surface area (Å²) in [5.41, 5.74) is 2.08.